The number of pyridine rings is 1. The summed E-state index contributed by atoms with van der Waals surface area (Å²) in [6.45, 7) is 14.7. The molecule has 1 heterocycles. The number of hydrogen-bond acceptors (Lipinski definition) is 4. The highest BCUT2D eigenvalue weighted by Gasteiger charge is 2.35. The monoisotopic (exact) mass is 509 g/mol. The van der Waals surface area contributed by atoms with E-state index in [2.05, 4.69) is 18.1 Å². The van der Waals surface area contributed by atoms with Gasteiger partial charge < -0.3 is 14.9 Å². The topological polar surface area (TPSA) is 73.7 Å². The van der Waals surface area contributed by atoms with E-state index in [1.165, 1.54) is 16.7 Å². The van der Waals surface area contributed by atoms with E-state index in [9.17, 15) is 19.1 Å². The lowest BCUT2D eigenvalue weighted by Crippen LogP contribution is -2.47. The summed E-state index contributed by atoms with van der Waals surface area (Å²) in [6.07, 6.45) is 7.35. The Kier molecular flexibility index (Phi) is 13.6. The molecule has 0 aliphatic heterocycles. The van der Waals surface area contributed by atoms with Crippen LogP contribution in [0.4, 0.5) is 4.39 Å². The third-order valence-corrected chi connectivity index (χ3v) is 5.63. The van der Waals surface area contributed by atoms with Gasteiger partial charge in [0.1, 0.15) is 18.0 Å². The first-order valence-corrected chi connectivity index (χ1v) is 12.5. The molecule has 0 saturated heterocycles. The molecule has 2 unspecified atom stereocenters. The van der Waals surface area contributed by atoms with E-state index in [1.54, 1.807) is 68.0 Å². The molecule has 6 nitrogen and oxygen atoms in total. The summed E-state index contributed by atoms with van der Waals surface area (Å²) in [5.41, 5.74) is 2.97. The number of carbonyl (C=O) groups excluding carboxylic acids is 2. The second kappa shape index (κ2) is 16.1. The molecule has 0 saturated carbocycles. The predicted octanol–water partition coefficient (Wildman–Crippen LogP) is 5.74. The first-order chi connectivity index (χ1) is 17.7. The van der Waals surface area contributed by atoms with Crippen molar-refractivity contribution in [3.8, 4) is 5.75 Å². The Hall–Kier alpha value is -3.74. The van der Waals surface area contributed by atoms with Crippen LogP contribution < -0.4 is 0 Å². The molecule has 0 aliphatic carbocycles. The minimum atomic E-state index is -1.33. The summed E-state index contributed by atoms with van der Waals surface area (Å²) in [4.78, 5) is 34.1. The van der Waals surface area contributed by atoms with Crippen LogP contribution in [0.15, 0.2) is 79.7 Å². The normalized spacial score (nSPS) is 12.4. The van der Waals surface area contributed by atoms with Crippen LogP contribution in [0.3, 0.4) is 0 Å². The summed E-state index contributed by atoms with van der Waals surface area (Å²) in [7, 11) is 1.64. The molecule has 200 valence electrons. The molecule has 0 aliphatic rings. The molecule has 37 heavy (non-hydrogen) atoms. The van der Waals surface area contributed by atoms with Crippen LogP contribution in [0.1, 0.15) is 49.9 Å². The molecule has 2 rings (SSSR count). The van der Waals surface area contributed by atoms with Crippen molar-refractivity contribution in [2.45, 2.75) is 52.8 Å². The maximum absolute atomic E-state index is 14.3. The summed E-state index contributed by atoms with van der Waals surface area (Å²) >= 11 is 0. The lowest BCUT2D eigenvalue weighted by molar-refractivity contribution is -0.146. The number of nitrogens with zero attached hydrogens (tertiary/aromatic N) is 3. The number of benzene rings is 1. The van der Waals surface area contributed by atoms with Crippen molar-refractivity contribution in [3.05, 3.63) is 96.4 Å². The summed E-state index contributed by atoms with van der Waals surface area (Å²) < 4.78 is 14.3. The Morgan fingerprint density at radius 3 is 2.35 bits per heavy atom. The predicted molar refractivity (Wildman–Crippen MR) is 148 cm³/mol. The van der Waals surface area contributed by atoms with Gasteiger partial charge in [-0.3, -0.25) is 14.6 Å². The number of halogens is 1. The Balaban J connectivity index is 0.00000334. The highest BCUT2D eigenvalue weighted by atomic mass is 19.1. The van der Waals surface area contributed by atoms with Gasteiger partial charge in [0, 0.05) is 32.4 Å². The lowest BCUT2D eigenvalue weighted by atomic mass is 9.98. The van der Waals surface area contributed by atoms with Crippen molar-refractivity contribution in [2.75, 3.05) is 20.1 Å². The fraction of sp³-hybridized carbons (Fsp3) is 0.367. The van der Waals surface area contributed by atoms with Gasteiger partial charge in [-0.25, -0.2) is 4.39 Å². The number of aryl methyl sites for hydroxylation is 2. The molecule has 2 aromatic rings. The van der Waals surface area contributed by atoms with E-state index in [0.717, 1.165) is 16.7 Å². The number of rotatable bonds is 12. The number of aromatic hydroxyl groups is 1. The van der Waals surface area contributed by atoms with E-state index < -0.39 is 12.2 Å². The zero-order valence-corrected chi connectivity index (χ0v) is 22.7. The summed E-state index contributed by atoms with van der Waals surface area (Å²) in [5.74, 6) is -0.537. The van der Waals surface area contributed by atoms with Gasteiger partial charge in [-0.05, 0) is 60.7 Å². The molecule has 0 bridgehead atoms. The average molecular weight is 510 g/mol. The third-order valence-electron chi connectivity index (χ3n) is 5.63. The Bertz CT molecular complexity index is 1060. The quantitative estimate of drug-likeness (QED) is 0.370. The minimum Gasteiger partial charge on any atom is -0.508 e. The molecule has 2 atom stereocenters. The van der Waals surface area contributed by atoms with Gasteiger partial charge in [0.15, 0.2) is 0 Å². The van der Waals surface area contributed by atoms with E-state index >= 15 is 0 Å². The average Bonchev–Trinajstić information content (AvgIpc) is 2.89. The van der Waals surface area contributed by atoms with Crippen molar-refractivity contribution in [1.29, 1.82) is 0 Å². The van der Waals surface area contributed by atoms with Gasteiger partial charge in [0.25, 0.3) is 0 Å². The molecule has 1 aromatic heterocycles. The molecular weight excluding hydrogens is 469 g/mol. The van der Waals surface area contributed by atoms with Crippen molar-refractivity contribution >= 4 is 11.8 Å². The van der Waals surface area contributed by atoms with E-state index in [1.807, 2.05) is 20.8 Å². The first-order valence-electron chi connectivity index (χ1n) is 12.5. The Morgan fingerprint density at radius 1 is 1.16 bits per heavy atom. The fourth-order valence-electron chi connectivity index (χ4n) is 3.80. The SMILES string of the molecule is C=C/C=C(\C=C)CN(C)C(=O)C(c1ccncc1C)N(CC(C)F)C(=O)CCc1ccc(O)cc1.CC. The third kappa shape index (κ3) is 9.67. The van der Waals surface area contributed by atoms with Crippen LogP contribution >= 0.6 is 0 Å². The van der Waals surface area contributed by atoms with Crippen LogP contribution in [0.2, 0.25) is 0 Å². The number of amides is 2. The molecule has 0 fully saturated rings. The first kappa shape index (κ1) is 31.3. The minimum absolute atomic E-state index is 0.0867. The number of likely N-dealkylation sites (N-methyl/N-ethyl adjacent to an activating group) is 1. The maximum Gasteiger partial charge on any atom is 0.250 e. The van der Waals surface area contributed by atoms with Crippen LogP contribution in [-0.2, 0) is 16.0 Å². The second-order valence-electron chi connectivity index (χ2n) is 8.50. The Labute approximate surface area is 220 Å². The zero-order valence-electron chi connectivity index (χ0n) is 22.7. The van der Waals surface area contributed by atoms with Gasteiger partial charge >= 0.3 is 0 Å². The van der Waals surface area contributed by atoms with Gasteiger partial charge in [-0.1, -0.05) is 57.4 Å². The molecule has 0 radical (unpaired) electrons. The van der Waals surface area contributed by atoms with Crippen LogP contribution in [0.25, 0.3) is 0 Å². The van der Waals surface area contributed by atoms with Crippen molar-refractivity contribution in [1.82, 2.24) is 14.8 Å². The van der Waals surface area contributed by atoms with Crippen LogP contribution in [0, 0.1) is 6.92 Å². The molecule has 7 heteroatoms. The zero-order chi connectivity index (χ0) is 28.0. The number of hydrogen-bond donors (Lipinski definition) is 1. The fourth-order valence-corrected chi connectivity index (χ4v) is 3.80. The van der Waals surface area contributed by atoms with Crippen molar-refractivity contribution < 1.29 is 19.1 Å². The van der Waals surface area contributed by atoms with Gasteiger partial charge in [-0.15, -0.1) is 0 Å². The van der Waals surface area contributed by atoms with Gasteiger partial charge in [0.05, 0.1) is 6.54 Å². The summed E-state index contributed by atoms with van der Waals surface area (Å²) in [5, 5.41) is 9.49. The van der Waals surface area contributed by atoms with Crippen molar-refractivity contribution in [3.63, 3.8) is 0 Å². The highest BCUT2D eigenvalue weighted by Crippen LogP contribution is 2.28. The van der Waals surface area contributed by atoms with Crippen molar-refractivity contribution in [2.24, 2.45) is 0 Å². The molecule has 2 amide bonds. The molecular formula is C30H40FN3O3. The molecule has 1 aromatic carbocycles. The number of alkyl halides is 1. The standard InChI is InChI=1S/C28H34FN3O3.C2H6/c1-6-8-22(7-2)19-31(5)28(35)27(25-15-16-30-17-20(25)3)32(18-21(4)29)26(34)14-11-23-9-12-24(33)13-10-23;1-2/h6-10,12-13,15-17,21,27,33H,1-2,11,14,18-19H2,3-5H3;1-2H3/b22-8+;. The number of phenolic OH excluding ortho intramolecular Hbond substituents is 1. The smallest absolute Gasteiger partial charge is 0.250 e. The molecule has 0 spiro atoms. The largest absolute Gasteiger partial charge is 0.508 e. The van der Waals surface area contributed by atoms with E-state index in [0.29, 0.717) is 12.0 Å². The van der Waals surface area contributed by atoms with Gasteiger partial charge in [-0.2, -0.15) is 0 Å². The lowest BCUT2D eigenvalue weighted by Gasteiger charge is -2.35. The summed E-state index contributed by atoms with van der Waals surface area (Å²) in [6, 6.07) is 7.26. The van der Waals surface area contributed by atoms with E-state index in [-0.39, 0.29) is 37.1 Å². The van der Waals surface area contributed by atoms with E-state index in [4.69, 9.17) is 0 Å². The number of allylic oxidation sites excluding steroid dienone is 2. The van der Waals surface area contributed by atoms with Gasteiger partial charge in [0.2, 0.25) is 11.8 Å². The number of aromatic nitrogens is 1. The highest BCUT2D eigenvalue weighted by molar-refractivity contribution is 5.89. The van der Waals surface area contributed by atoms with Crippen LogP contribution in [-0.4, -0.2) is 58.0 Å². The molecule has 1 N–H and O–H groups in total. The maximum atomic E-state index is 14.3. The second-order valence-corrected chi connectivity index (χ2v) is 8.50. The number of carbonyl (C=O) groups is 2. The Morgan fingerprint density at radius 2 is 1.81 bits per heavy atom. The van der Waals surface area contributed by atoms with Crippen LogP contribution in [0.5, 0.6) is 5.75 Å². The number of phenols is 1.